The Morgan fingerprint density at radius 2 is 1.86 bits per heavy atom. The molecule has 0 unspecified atom stereocenters. The highest BCUT2D eigenvalue weighted by Crippen LogP contribution is 2.49. The molecule has 7 nitrogen and oxygen atoms in total. The number of ether oxygens (including phenoxy) is 3. The molecule has 1 aliphatic heterocycles. The first-order valence-electron chi connectivity index (χ1n) is 12.2. The van der Waals surface area contributed by atoms with Crippen LogP contribution >= 0.6 is 0 Å². The third kappa shape index (κ3) is 4.24. The van der Waals surface area contributed by atoms with E-state index in [0.717, 1.165) is 37.1 Å². The highest BCUT2D eigenvalue weighted by atomic mass is 16.5. The first kappa shape index (κ1) is 23.3. The Morgan fingerprint density at radius 3 is 2.54 bits per heavy atom. The number of carbonyl (C=O) groups excluding carboxylic acids is 2. The minimum absolute atomic E-state index is 0.0197. The number of rotatable bonds is 6. The Bertz CT molecular complexity index is 1190. The Morgan fingerprint density at radius 1 is 1.06 bits per heavy atom. The lowest BCUT2D eigenvalue weighted by molar-refractivity contribution is -0.144. The van der Waals surface area contributed by atoms with Crippen LogP contribution in [0.15, 0.2) is 63.6 Å². The molecule has 0 radical (unpaired) electrons. The smallest absolute Gasteiger partial charge is 0.337 e. The van der Waals surface area contributed by atoms with Crippen LogP contribution in [0.25, 0.3) is 0 Å². The SMILES string of the molecule is COc1cccc([C@H]2C(C(=O)OC3CCCC3)=C(C)NC3=C2C(=O)C[C@@H](c2ccco2)C3)c1OC. The van der Waals surface area contributed by atoms with Gasteiger partial charge in [-0.1, -0.05) is 12.1 Å². The molecule has 7 heteroatoms. The molecular formula is C28H31NO6. The number of methoxy groups -OCH3 is 2. The molecule has 1 aromatic heterocycles. The Labute approximate surface area is 205 Å². The molecule has 1 N–H and O–H groups in total. The van der Waals surface area contributed by atoms with E-state index in [1.54, 1.807) is 26.5 Å². The summed E-state index contributed by atoms with van der Waals surface area (Å²) >= 11 is 0. The van der Waals surface area contributed by atoms with E-state index in [9.17, 15) is 9.59 Å². The van der Waals surface area contributed by atoms with Gasteiger partial charge < -0.3 is 23.9 Å². The Hall–Kier alpha value is -3.48. The summed E-state index contributed by atoms with van der Waals surface area (Å²) in [6, 6.07) is 9.30. The number of nitrogens with one attached hydrogen (secondary N) is 1. The number of para-hydroxylation sites is 1. The molecule has 2 aromatic rings. The van der Waals surface area contributed by atoms with E-state index < -0.39 is 5.92 Å². The van der Waals surface area contributed by atoms with Gasteiger partial charge >= 0.3 is 5.97 Å². The van der Waals surface area contributed by atoms with Crippen molar-refractivity contribution in [2.45, 2.75) is 63.4 Å². The van der Waals surface area contributed by atoms with Crippen LogP contribution in [0.3, 0.4) is 0 Å². The number of carbonyl (C=O) groups is 2. The number of allylic oxidation sites excluding steroid dienone is 3. The van der Waals surface area contributed by atoms with Crippen molar-refractivity contribution in [3.63, 3.8) is 0 Å². The molecule has 2 heterocycles. The van der Waals surface area contributed by atoms with Crippen molar-refractivity contribution in [1.29, 1.82) is 0 Å². The molecule has 1 fully saturated rings. The molecule has 1 saturated carbocycles. The van der Waals surface area contributed by atoms with E-state index in [1.807, 2.05) is 31.2 Å². The standard InChI is InChI=1S/C28H31NO6/c1-16-24(28(31)35-18-8-4-5-9-18)25(19-10-6-11-23(32-2)27(19)33-3)26-20(29-16)14-17(15-21(26)30)22-12-7-13-34-22/h6-7,10-13,17-18,25,29H,4-5,8-9,14-15H2,1-3H3/t17-,25-/m0/s1. The van der Waals surface area contributed by atoms with E-state index in [0.29, 0.717) is 46.7 Å². The van der Waals surface area contributed by atoms with E-state index in [1.165, 1.54) is 0 Å². The van der Waals surface area contributed by atoms with Crippen molar-refractivity contribution in [3.8, 4) is 11.5 Å². The molecule has 5 rings (SSSR count). The van der Waals surface area contributed by atoms with Gasteiger partial charge in [0.25, 0.3) is 0 Å². The van der Waals surface area contributed by atoms with Crippen LogP contribution in [0.2, 0.25) is 0 Å². The first-order chi connectivity index (χ1) is 17.0. The van der Waals surface area contributed by atoms with Crippen LogP contribution in [0.1, 0.15) is 68.6 Å². The van der Waals surface area contributed by atoms with Crippen LogP contribution in [-0.4, -0.2) is 32.1 Å². The van der Waals surface area contributed by atoms with Crippen LogP contribution in [0.4, 0.5) is 0 Å². The van der Waals surface area contributed by atoms with Gasteiger partial charge in [0, 0.05) is 34.9 Å². The maximum Gasteiger partial charge on any atom is 0.337 e. The number of esters is 1. The monoisotopic (exact) mass is 477 g/mol. The van der Waals surface area contributed by atoms with E-state index in [4.69, 9.17) is 18.6 Å². The Balaban J connectivity index is 1.61. The average molecular weight is 478 g/mol. The topological polar surface area (TPSA) is 87.0 Å². The number of benzene rings is 1. The number of furan rings is 1. The summed E-state index contributed by atoms with van der Waals surface area (Å²) < 4.78 is 22.8. The van der Waals surface area contributed by atoms with Gasteiger partial charge in [-0.05, 0) is 57.2 Å². The largest absolute Gasteiger partial charge is 0.493 e. The molecule has 3 aliphatic rings. The third-order valence-electron chi connectivity index (χ3n) is 7.31. The molecule has 0 spiro atoms. The predicted octanol–water partition coefficient (Wildman–Crippen LogP) is 5.14. The second-order valence-corrected chi connectivity index (χ2v) is 9.43. The van der Waals surface area contributed by atoms with Gasteiger partial charge in [-0.15, -0.1) is 0 Å². The fraction of sp³-hybridized carbons (Fsp3) is 0.429. The summed E-state index contributed by atoms with van der Waals surface area (Å²) in [6.07, 6.45) is 6.32. The maximum absolute atomic E-state index is 13.7. The van der Waals surface area contributed by atoms with Gasteiger partial charge in [-0.2, -0.15) is 0 Å². The molecule has 0 amide bonds. The molecule has 184 valence electrons. The normalized spacial score (nSPS) is 22.7. The minimum atomic E-state index is -0.616. The van der Waals surface area contributed by atoms with Gasteiger partial charge in [0.05, 0.1) is 32.0 Å². The summed E-state index contributed by atoms with van der Waals surface area (Å²) in [4.78, 5) is 27.3. The average Bonchev–Trinajstić information content (AvgIpc) is 3.57. The van der Waals surface area contributed by atoms with Crippen LogP contribution in [-0.2, 0) is 14.3 Å². The summed E-state index contributed by atoms with van der Waals surface area (Å²) in [6.45, 7) is 1.87. The lowest BCUT2D eigenvalue weighted by Crippen LogP contribution is -2.36. The fourth-order valence-electron chi connectivity index (χ4n) is 5.71. The molecule has 2 aliphatic carbocycles. The van der Waals surface area contributed by atoms with Crippen molar-refractivity contribution in [2.24, 2.45) is 0 Å². The zero-order valence-corrected chi connectivity index (χ0v) is 20.4. The van der Waals surface area contributed by atoms with E-state index >= 15 is 0 Å². The molecule has 0 saturated heterocycles. The maximum atomic E-state index is 13.7. The molecule has 2 atom stereocenters. The van der Waals surface area contributed by atoms with Crippen molar-refractivity contribution >= 4 is 11.8 Å². The lowest BCUT2D eigenvalue weighted by atomic mass is 9.72. The van der Waals surface area contributed by atoms with Gasteiger partial charge in [0.15, 0.2) is 17.3 Å². The van der Waals surface area contributed by atoms with Crippen LogP contribution in [0.5, 0.6) is 11.5 Å². The first-order valence-corrected chi connectivity index (χ1v) is 12.2. The van der Waals surface area contributed by atoms with Gasteiger partial charge in [-0.25, -0.2) is 4.79 Å². The van der Waals surface area contributed by atoms with Gasteiger partial charge in [0.2, 0.25) is 0 Å². The lowest BCUT2D eigenvalue weighted by Gasteiger charge is -2.37. The molecule has 35 heavy (non-hydrogen) atoms. The van der Waals surface area contributed by atoms with Gasteiger partial charge in [0.1, 0.15) is 11.9 Å². The molecule has 0 bridgehead atoms. The zero-order valence-electron chi connectivity index (χ0n) is 20.4. The van der Waals surface area contributed by atoms with E-state index in [2.05, 4.69) is 5.32 Å². The minimum Gasteiger partial charge on any atom is -0.493 e. The fourth-order valence-corrected chi connectivity index (χ4v) is 5.71. The third-order valence-corrected chi connectivity index (χ3v) is 7.31. The number of dihydropyridines is 1. The second kappa shape index (κ2) is 9.64. The quantitative estimate of drug-likeness (QED) is 0.576. The summed E-state index contributed by atoms with van der Waals surface area (Å²) in [5, 5.41) is 3.39. The second-order valence-electron chi connectivity index (χ2n) is 9.43. The predicted molar refractivity (Wildman–Crippen MR) is 129 cm³/mol. The number of hydrogen-bond acceptors (Lipinski definition) is 7. The van der Waals surface area contributed by atoms with Gasteiger partial charge in [-0.3, -0.25) is 4.79 Å². The molecule has 1 aromatic carbocycles. The van der Waals surface area contributed by atoms with Crippen molar-refractivity contribution in [3.05, 3.63) is 70.5 Å². The summed E-state index contributed by atoms with van der Waals surface area (Å²) in [7, 11) is 3.14. The van der Waals surface area contributed by atoms with E-state index in [-0.39, 0.29) is 23.8 Å². The zero-order chi connectivity index (χ0) is 24.5. The summed E-state index contributed by atoms with van der Waals surface area (Å²) in [5.41, 5.74) is 3.25. The number of Topliss-reactive ketones (excluding diaryl/α,β-unsaturated/α-hetero) is 1. The Kier molecular flexibility index (Phi) is 6.41. The highest BCUT2D eigenvalue weighted by molar-refractivity contribution is 6.04. The van der Waals surface area contributed by atoms with Crippen LogP contribution < -0.4 is 14.8 Å². The van der Waals surface area contributed by atoms with Crippen molar-refractivity contribution < 1.29 is 28.2 Å². The van der Waals surface area contributed by atoms with Crippen molar-refractivity contribution in [2.75, 3.05) is 14.2 Å². The highest BCUT2D eigenvalue weighted by Gasteiger charge is 2.43. The molecular weight excluding hydrogens is 446 g/mol. The summed E-state index contributed by atoms with van der Waals surface area (Å²) in [5.74, 6) is 0.761. The van der Waals surface area contributed by atoms with Crippen molar-refractivity contribution in [1.82, 2.24) is 5.32 Å². The van der Waals surface area contributed by atoms with Crippen LogP contribution in [0, 0.1) is 0 Å². The number of hydrogen-bond donors (Lipinski definition) is 1. The number of ketones is 1.